The van der Waals surface area contributed by atoms with Crippen molar-refractivity contribution in [3.8, 4) is 0 Å². The van der Waals surface area contributed by atoms with Crippen molar-refractivity contribution in [3.63, 3.8) is 0 Å². The summed E-state index contributed by atoms with van der Waals surface area (Å²) in [6.07, 6.45) is 0. The molecule has 2 aromatic carbocycles. The van der Waals surface area contributed by atoms with Crippen LogP contribution in [-0.4, -0.2) is 13.4 Å². The highest BCUT2D eigenvalue weighted by Crippen LogP contribution is 2.27. The summed E-state index contributed by atoms with van der Waals surface area (Å²) in [6.45, 7) is 1.86. The lowest BCUT2D eigenvalue weighted by Gasteiger charge is -2.05. The zero-order chi connectivity index (χ0) is 14.2. The van der Waals surface area contributed by atoms with E-state index in [-0.39, 0.29) is 4.90 Å². The highest BCUT2D eigenvalue weighted by Gasteiger charge is 2.16. The summed E-state index contributed by atoms with van der Waals surface area (Å²) in [5, 5.41) is 0.382. The Balaban J connectivity index is 1.97. The summed E-state index contributed by atoms with van der Waals surface area (Å²) in [6, 6.07) is 14.3. The fourth-order valence-electron chi connectivity index (χ4n) is 1.87. The van der Waals surface area contributed by atoms with Gasteiger partial charge >= 0.3 is 0 Å². The number of nitrogens with one attached hydrogen (secondary N) is 1. The van der Waals surface area contributed by atoms with Gasteiger partial charge in [0.1, 0.15) is 0 Å². The molecule has 0 atom stereocenters. The first kappa shape index (κ1) is 13.1. The Hall–Kier alpha value is -1.92. The van der Waals surface area contributed by atoms with Crippen LogP contribution in [0, 0.1) is 6.92 Å². The van der Waals surface area contributed by atoms with Crippen LogP contribution < -0.4 is 4.72 Å². The molecule has 1 N–H and O–H groups in total. The molecule has 0 unspecified atom stereocenters. The predicted molar refractivity (Wildman–Crippen MR) is 81.6 cm³/mol. The normalized spacial score (nSPS) is 11.7. The number of hydrogen-bond acceptors (Lipinski definition) is 4. The zero-order valence-electron chi connectivity index (χ0n) is 10.7. The topological polar surface area (TPSA) is 59.1 Å². The molecule has 0 saturated carbocycles. The number of fused-ring (bicyclic) bond motifs is 1. The Labute approximate surface area is 121 Å². The molecule has 3 aromatic rings. The first-order valence-corrected chi connectivity index (χ1v) is 8.30. The van der Waals surface area contributed by atoms with Crippen LogP contribution in [-0.2, 0) is 10.0 Å². The average Bonchev–Trinajstić information content (AvgIpc) is 2.80. The number of anilines is 1. The van der Waals surface area contributed by atoms with E-state index in [4.69, 9.17) is 0 Å². The van der Waals surface area contributed by atoms with Crippen LogP contribution in [0.15, 0.2) is 53.4 Å². The number of thiazole rings is 1. The molecule has 0 saturated heterocycles. The van der Waals surface area contributed by atoms with Crippen LogP contribution in [0.25, 0.3) is 10.2 Å². The van der Waals surface area contributed by atoms with Crippen molar-refractivity contribution in [2.45, 2.75) is 11.8 Å². The van der Waals surface area contributed by atoms with E-state index in [1.54, 1.807) is 18.2 Å². The first-order valence-electron chi connectivity index (χ1n) is 6.00. The minimum atomic E-state index is -3.59. The highest BCUT2D eigenvalue weighted by molar-refractivity contribution is 7.93. The van der Waals surface area contributed by atoms with Crippen molar-refractivity contribution in [2.24, 2.45) is 0 Å². The second kappa shape index (κ2) is 4.88. The number of sulfonamides is 1. The van der Waals surface area contributed by atoms with E-state index in [0.717, 1.165) is 15.8 Å². The number of benzene rings is 2. The molecule has 4 nitrogen and oxygen atoms in total. The van der Waals surface area contributed by atoms with Gasteiger partial charge in [0, 0.05) is 0 Å². The van der Waals surface area contributed by atoms with Crippen LogP contribution in [0.1, 0.15) is 5.56 Å². The molecular formula is C14H12N2O2S2. The molecule has 0 aliphatic carbocycles. The monoisotopic (exact) mass is 304 g/mol. The Bertz CT molecular complexity index is 837. The van der Waals surface area contributed by atoms with E-state index < -0.39 is 10.0 Å². The molecule has 1 aromatic heterocycles. The van der Waals surface area contributed by atoms with E-state index >= 15 is 0 Å². The molecule has 0 radical (unpaired) electrons. The third kappa shape index (κ3) is 2.52. The SMILES string of the molecule is Cc1cccc(S(=O)(=O)Nc2nc3ccccc3s2)c1. The van der Waals surface area contributed by atoms with Crippen LogP contribution in [0.5, 0.6) is 0 Å². The molecule has 0 spiro atoms. The Morgan fingerprint density at radius 3 is 2.65 bits per heavy atom. The van der Waals surface area contributed by atoms with Crippen LogP contribution >= 0.6 is 11.3 Å². The Morgan fingerprint density at radius 1 is 1.10 bits per heavy atom. The molecule has 3 rings (SSSR count). The number of rotatable bonds is 3. The smallest absolute Gasteiger partial charge is 0.255 e. The first-order chi connectivity index (χ1) is 9.54. The third-order valence-corrected chi connectivity index (χ3v) is 5.23. The van der Waals surface area contributed by atoms with Gasteiger partial charge in [0.05, 0.1) is 15.1 Å². The van der Waals surface area contributed by atoms with E-state index in [1.165, 1.54) is 11.3 Å². The van der Waals surface area contributed by atoms with Crippen LogP contribution in [0.4, 0.5) is 5.13 Å². The van der Waals surface area contributed by atoms with Crippen molar-refractivity contribution in [3.05, 3.63) is 54.1 Å². The quantitative estimate of drug-likeness (QED) is 0.806. The standard InChI is InChI=1S/C14H12N2O2S2/c1-10-5-4-6-11(9-10)20(17,18)16-14-15-12-7-2-3-8-13(12)19-14/h2-9H,1H3,(H,15,16). The second-order valence-electron chi connectivity index (χ2n) is 4.41. The minimum Gasteiger partial charge on any atom is -0.255 e. The lowest BCUT2D eigenvalue weighted by Crippen LogP contribution is -2.12. The summed E-state index contributed by atoms with van der Waals surface area (Å²) in [5.74, 6) is 0. The van der Waals surface area contributed by atoms with Crippen molar-refractivity contribution >= 4 is 36.7 Å². The fourth-order valence-corrected chi connectivity index (χ4v) is 4.08. The summed E-state index contributed by atoms with van der Waals surface area (Å²) >= 11 is 1.32. The van der Waals surface area contributed by atoms with Crippen LogP contribution in [0.3, 0.4) is 0 Å². The molecule has 0 aliphatic heterocycles. The fraction of sp³-hybridized carbons (Fsp3) is 0.0714. The lowest BCUT2D eigenvalue weighted by atomic mass is 10.2. The van der Waals surface area contributed by atoms with Gasteiger partial charge in [-0.2, -0.15) is 0 Å². The van der Waals surface area contributed by atoms with E-state index in [0.29, 0.717) is 5.13 Å². The minimum absolute atomic E-state index is 0.247. The predicted octanol–water partition coefficient (Wildman–Crippen LogP) is 3.41. The van der Waals surface area contributed by atoms with E-state index in [9.17, 15) is 8.42 Å². The lowest BCUT2D eigenvalue weighted by molar-refractivity contribution is 0.601. The van der Waals surface area contributed by atoms with Crippen molar-refractivity contribution in [1.82, 2.24) is 4.98 Å². The summed E-state index contributed by atoms with van der Waals surface area (Å²) in [7, 11) is -3.59. The summed E-state index contributed by atoms with van der Waals surface area (Å²) in [5.41, 5.74) is 1.69. The molecule has 0 bridgehead atoms. The van der Waals surface area contributed by atoms with Gasteiger partial charge in [0.2, 0.25) is 0 Å². The van der Waals surface area contributed by atoms with Gasteiger partial charge in [0.15, 0.2) is 5.13 Å². The Kier molecular flexibility index (Phi) is 3.19. The number of aromatic nitrogens is 1. The highest BCUT2D eigenvalue weighted by atomic mass is 32.2. The number of nitrogens with zero attached hydrogens (tertiary/aromatic N) is 1. The zero-order valence-corrected chi connectivity index (χ0v) is 12.3. The molecule has 6 heteroatoms. The Morgan fingerprint density at radius 2 is 1.90 bits per heavy atom. The van der Waals surface area contributed by atoms with Gasteiger partial charge in [-0.15, -0.1) is 0 Å². The van der Waals surface area contributed by atoms with Gasteiger partial charge < -0.3 is 0 Å². The maximum atomic E-state index is 12.3. The molecule has 0 fully saturated rings. The summed E-state index contributed by atoms with van der Waals surface area (Å²) in [4.78, 5) is 4.52. The number of para-hydroxylation sites is 1. The molecule has 102 valence electrons. The maximum Gasteiger partial charge on any atom is 0.263 e. The van der Waals surface area contributed by atoms with Gasteiger partial charge in [-0.25, -0.2) is 13.4 Å². The van der Waals surface area contributed by atoms with Crippen molar-refractivity contribution in [2.75, 3.05) is 4.72 Å². The largest absolute Gasteiger partial charge is 0.263 e. The van der Waals surface area contributed by atoms with Crippen LogP contribution in [0.2, 0.25) is 0 Å². The maximum absolute atomic E-state index is 12.3. The number of aryl methyl sites for hydroxylation is 1. The second-order valence-corrected chi connectivity index (χ2v) is 7.12. The van der Waals surface area contributed by atoms with E-state index in [1.807, 2.05) is 37.3 Å². The van der Waals surface area contributed by atoms with Gasteiger partial charge in [-0.1, -0.05) is 35.6 Å². The molecule has 0 amide bonds. The molecular weight excluding hydrogens is 292 g/mol. The van der Waals surface area contributed by atoms with Crippen molar-refractivity contribution in [1.29, 1.82) is 0 Å². The van der Waals surface area contributed by atoms with Gasteiger partial charge in [0.25, 0.3) is 10.0 Å². The molecule has 0 aliphatic rings. The van der Waals surface area contributed by atoms with Gasteiger partial charge in [-0.3, -0.25) is 4.72 Å². The average molecular weight is 304 g/mol. The van der Waals surface area contributed by atoms with Crippen molar-refractivity contribution < 1.29 is 8.42 Å². The van der Waals surface area contributed by atoms with E-state index in [2.05, 4.69) is 9.71 Å². The van der Waals surface area contributed by atoms with Gasteiger partial charge in [-0.05, 0) is 36.8 Å². The molecule has 20 heavy (non-hydrogen) atoms. The number of hydrogen-bond donors (Lipinski definition) is 1. The molecule has 1 heterocycles. The third-order valence-electron chi connectivity index (χ3n) is 2.82. The summed E-state index contributed by atoms with van der Waals surface area (Å²) < 4.78 is 28.1.